The Labute approximate surface area is 185 Å². The van der Waals surface area contributed by atoms with Crippen LogP contribution >= 0.6 is 0 Å². The number of nitrogens with one attached hydrogen (secondary N) is 1. The number of aromatic nitrogens is 4. The van der Waals surface area contributed by atoms with Crippen LogP contribution in [0.3, 0.4) is 0 Å². The Balaban J connectivity index is 1.38. The summed E-state index contributed by atoms with van der Waals surface area (Å²) in [6.07, 6.45) is 2.17. The Kier molecular flexibility index (Phi) is 6.45. The summed E-state index contributed by atoms with van der Waals surface area (Å²) in [4.78, 5) is 16.9. The number of nitrogens with zero attached hydrogens (tertiary/aromatic N) is 4. The monoisotopic (exact) mass is 433 g/mol. The number of ether oxygens (including phenoxy) is 2. The van der Waals surface area contributed by atoms with Crippen molar-refractivity contribution in [3.05, 3.63) is 72.2 Å². The van der Waals surface area contributed by atoms with E-state index >= 15 is 0 Å². The van der Waals surface area contributed by atoms with Gasteiger partial charge in [-0.1, -0.05) is 47.6 Å². The molecule has 2 heterocycles. The summed E-state index contributed by atoms with van der Waals surface area (Å²) >= 11 is 0. The first-order valence-electron chi connectivity index (χ1n) is 10.1. The van der Waals surface area contributed by atoms with Gasteiger partial charge in [0.2, 0.25) is 17.6 Å². The molecular weight excluding hydrogens is 410 g/mol. The topological polar surface area (TPSA) is 104 Å². The maximum absolute atomic E-state index is 12.5. The van der Waals surface area contributed by atoms with Crippen LogP contribution in [0.25, 0.3) is 11.4 Å². The normalized spacial score (nSPS) is 10.7. The van der Waals surface area contributed by atoms with Crippen LogP contribution in [0.15, 0.2) is 65.3 Å². The van der Waals surface area contributed by atoms with E-state index in [1.165, 1.54) is 0 Å². The molecular formula is C23H23N5O4. The highest BCUT2D eigenvalue weighted by atomic mass is 16.5. The first-order valence-corrected chi connectivity index (χ1v) is 10.1. The van der Waals surface area contributed by atoms with Gasteiger partial charge in [0, 0.05) is 30.0 Å². The molecule has 0 fully saturated rings. The molecule has 0 aliphatic heterocycles. The summed E-state index contributed by atoms with van der Waals surface area (Å²) in [6.45, 7) is 0.410. The molecule has 9 heteroatoms. The van der Waals surface area contributed by atoms with Gasteiger partial charge >= 0.3 is 0 Å². The highest BCUT2D eigenvalue weighted by molar-refractivity contribution is 5.89. The van der Waals surface area contributed by atoms with Gasteiger partial charge in [-0.2, -0.15) is 10.1 Å². The highest BCUT2D eigenvalue weighted by Crippen LogP contribution is 2.31. The smallest absolute Gasteiger partial charge is 0.227 e. The van der Waals surface area contributed by atoms with E-state index in [0.717, 1.165) is 11.1 Å². The minimum Gasteiger partial charge on any atom is -0.493 e. The van der Waals surface area contributed by atoms with E-state index in [-0.39, 0.29) is 12.3 Å². The van der Waals surface area contributed by atoms with Crippen LogP contribution < -0.4 is 14.8 Å². The number of hydrogen-bond acceptors (Lipinski definition) is 7. The van der Waals surface area contributed by atoms with E-state index in [2.05, 4.69) is 20.6 Å². The Hall–Kier alpha value is -4.14. The zero-order chi connectivity index (χ0) is 22.3. The van der Waals surface area contributed by atoms with E-state index in [0.29, 0.717) is 42.0 Å². The van der Waals surface area contributed by atoms with Crippen LogP contribution in [0.2, 0.25) is 0 Å². The van der Waals surface area contributed by atoms with E-state index < -0.39 is 0 Å². The fraction of sp³-hybridized carbons (Fsp3) is 0.217. The molecule has 0 atom stereocenters. The van der Waals surface area contributed by atoms with E-state index in [4.69, 9.17) is 14.0 Å². The van der Waals surface area contributed by atoms with Gasteiger partial charge in [0.05, 0.1) is 27.0 Å². The van der Waals surface area contributed by atoms with Gasteiger partial charge in [0.15, 0.2) is 11.5 Å². The lowest BCUT2D eigenvalue weighted by Gasteiger charge is -2.14. The number of benzene rings is 2. The number of para-hydroxylation sites is 1. The number of rotatable bonds is 9. The first-order chi connectivity index (χ1) is 15.7. The van der Waals surface area contributed by atoms with E-state index in [1.807, 2.05) is 48.5 Å². The van der Waals surface area contributed by atoms with Crippen molar-refractivity contribution in [1.29, 1.82) is 0 Å². The Morgan fingerprint density at radius 2 is 1.91 bits per heavy atom. The summed E-state index contributed by atoms with van der Waals surface area (Å²) in [5.74, 6) is 2.59. The van der Waals surface area contributed by atoms with Crippen molar-refractivity contribution < 1.29 is 18.8 Å². The highest BCUT2D eigenvalue weighted by Gasteiger charge is 2.15. The van der Waals surface area contributed by atoms with Gasteiger partial charge in [0.1, 0.15) is 5.82 Å². The molecule has 2 aromatic carbocycles. The number of aryl methyl sites for hydroxylation is 1. The Bertz CT molecular complexity index is 1190. The molecule has 0 aliphatic carbocycles. The molecule has 0 aliphatic rings. The zero-order valence-electron chi connectivity index (χ0n) is 17.8. The van der Waals surface area contributed by atoms with Gasteiger partial charge < -0.3 is 19.3 Å². The van der Waals surface area contributed by atoms with Crippen LogP contribution in [0.4, 0.5) is 5.82 Å². The van der Waals surface area contributed by atoms with Crippen molar-refractivity contribution in [1.82, 2.24) is 19.9 Å². The molecule has 0 unspecified atom stereocenters. The summed E-state index contributed by atoms with van der Waals surface area (Å²) in [5, 5.41) is 11.2. The van der Waals surface area contributed by atoms with Gasteiger partial charge in [-0.05, 0) is 6.07 Å². The van der Waals surface area contributed by atoms with Crippen LogP contribution in [-0.2, 0) is 17.8 Å². The van der Waals surface area contributed by atoms with Crippen molar-refractivity contribution in [3.63, 3.8) is 0 Å². The SMILES string of the molecule is COc1cccc(Cn2nccc2NC(=O)CCc2nc(-c3ccccc3)no2)c1OC. The number of carbonyl (C=O) groups excluding carboxylic acids is 1. The Morgan fingerprint density at radius 1 is 1.06 bits per heavy atom. The molecule has 1 N–H and O–H groups in total. The maximum atomic E-state index is 12.5. The fourth-order valence-electron chi connectivity index (χ4n) is 3.29. The summed E-state index contributed by atoms with van der Waals surface area (Å²) in [5.41, 5.74) is 1.74. The minimum atomic E-state index is -0.177. The zero-order valence-corrected chi connectivity index (χ0v) is 17.8. The van der Waals surface area contributed by atoms with Crippen LogP contribution in [-0.4, -0.2) is 40.0 Å². The third-order valence-corrected chi connectivity index (χ3v) is 4.85. The van der Waals surface area contributed by atoms with Crippen molar-refractivity contribution in [2.75, 3.05) is 19.5 Å². The lowest BCUT2D eigenvalue weighted by molar-refractivity contribution is -0.116. The number of methoxy groups -OCH3 is 2. The second kappa shape index (κ2) is 9.78. The first kappa shape index (κ1) is 21.1. The van der Waals surface area contributed by atoms with E-state index in [1.54, 1.807) is 31.2 Å². The molecule has 4 aromatic rings. The van der Waals surface area contributed by atoms with Crippen molar-refractivity contribution in [2.45, 2.75) is 19.4 Å². The van der Waals surface area contributed by atoms with Crippen LogP contribution in [0.5, 0.6) is 11.5 Å². The maximum Gasteiger partial charge on any atom is 0.227 e. The molecule has 0 radical (unpaired) electrons. The summed E-state index contributed by atoms with van der Waals surface area (Å²) in [6, 6.07) is 16.9. The molecule has 1 amide bonds. The number of anilines is 1. The summed E-state index contributed by atoms with van der Waals surface area (Å²) in [7, 11) is 3.18. The number of hydrogen-bond donors (Lipinski definition) is 1. The molecule has 32 heavy (non-hydrogen) atoms. The number of amides is 1. The third kappa shape index (κ3) is 4.77. The van der Waals surface area contributed by atoms with Gasteiger partial charge in [-0.25, -0.2) is 4.68 Å². The lowest BCUT2D eigenvalue weighted by atomic mass is 10.2. The van der Waals surface area contributed by atoms with Gasteiger partial charge in [-0.3, -0.25) is 4.79 Å². The Morgan fingerprint density at radius 3 is 2.69 bits per heavy atom. The van der Waals surface area contributed by atoms with Crippen LogP contribution in [0, 0.1) is 0 Å². The van der Waals surface area contributed by atoms with Crippen LogP contribution in [0.1, 0.15) is 17.9 Å². The molecule has 4 rings (SSSR count). The van der Waals surface area contributed by atoms with Crippen molar-refractivity contribution in [2.24, 2.45) is 0 Å². The minimum absolute atomic E-state index is 0.177. The average Bonchev–Trinajstić information content (AvgIpc) is 3.48. The molecule has 0 saturated heterocycles. The van der Waals surface area contributed by atoms with Gasteiger partial charge in [-0.15, -0.1) is 0 Å². The predicted molar refractivity (Wildman–Crippen MR) is 118 cm³/mol. The largest absolute Gasteiger partial charge is 0.493 e. The quantitative estimate of drug-likeness (QED) is 0.430. The standard InChI is InChI=1S/C23H23N5O4/c1-30-18-10-6-9-17(22(18)31-2)15-28-19(13-14-24-28)25-20(29)11-12-21-26-23(27-32-21)16-7-4-3-5-8-16/h3-10,13-14H,11-12,15H2,1-2H3,(H,25,29). The number of carbonyl (C=O) groups is 1. The third-order valence-electron chi connectivity index (χ3n) is 4.85. The second-order valence-electron chi connectivity index (χ2n) is 6.95. The molecule has 0 spiro atoms. The molecule has 164 valence electrons. The van der Waals surface area contributed by atoms with Crippen molar-refractivity contribution >= 4 is 11.7 Å². The lowest BCUT2D eigenvalue weighted by Crippen LogP contribution is -2.16. The van der Waals surface area contributed by atoms with Crippen molar-refractivity contribution in [3.8, 4) is 22.9 Å². The molecule has 2 aromatic heterocycles. The van der Waals surface area contributed by atoms with Gasteiger partial charge in [0.25, 0.3) is 0 Å². The average molecular weight is 433 g/mol. The molecule has 9 nitrogen and oxygen atoms in total. The summed E-state index contributed by atoms with van der Waals surface area (Å²) < 4.78 is 17.8. The molecule has 0 saturated carbocycles. The second-order valence-corrected chi connectivity index (χ2v) is 6.95. The predicted octanol–water partition coefficient (Wildman–Crippen LogP) is 3.57. The van der Waals surface area contributed by atoms with E-state index in [9.17, 15) is 4.79 Å². The fourth-order valence-corrected chi connectivity index (χ4v) is 3.29. The molecule has 0 bridgehead atoms.